The molecule has 10 heteroatoms. The summed E-state index contributed by atoms with van der Waals surface area (Å²) in [7, 11) is 0. The van der Waals surface area contributed by atoms with Crippen molar-refractivity contribution in [3.63, 3.8) is 0 Å². The van der Waals surface area contributed by atoms with Crippen LogP contribution in [-0.2, 0) is 0 Å². The van der Waals surface area contributed by atoms with Crippen molar-refractivity contribution >= 4 is 33.1 Å². The van der Waals surface area contributed by atoms with Crippen LogP contribution in [0.25, 0.3) is 21.6 Å². The first kappa shape index (κ1) is 19.1. The number of thiophene rings is 1. The van der Waals surface area contributed by atoms with Gasteiger partial charge in [0.25, 0.3) is 5.91 Å². The highest BCUT2D eigenvalue weighted by Crippen LogP contribution is 2.31. The van der Waals surface area contributed by atoms with Crippen LogP contribution in [-0.4, -0.2) is 35.9 Å². The van der Waals surface area contributed by atoms with E-state index in [0.29, 0.717) is 16.4 Å². The molecule has 3 aromatic heterocycles. The van der Waals surface area contributed by atoms with Crippen molar-refractivity contribution in [2.24, 2.45) is 0 Å². The lowest BCUT2D eigenvalue weighted by molar-refractivity contribution is 0.103. The average molecular weight is 433 g/mol. The maximum Gasteiger partial charge on any atom is 0.265 e. The standard InChI is InChI=1S/C21H16FN7OS/c1-12-16-11-19(31-21(16)29(25-12)15-6-4-3-5-7-15)20(30)23-14-8-9-17(22)18(10-14)28-13(2)24-26-27-28/h3-11H,1-2H3,(H,23,30). The van der Waals surface area contributed by atoms with Gasteiger partial charge in [0.2, 0.25) is 0 Å². The second kappa shape index (κ2) is 7.40. The third-order valence-electron chi connectivity index (χ3n) is 4.83. The molecule has 5 aromatic rings. The highest BCUT2D eigenvalue weighted by atomic mass is 32.1. The first-order valence-electron chi connectivity index (χ1n) is 9.42. The van der Waals surface area contributed by atoms with E-state index in [9.17, 15) is 9.18 Å². The van der Waals surface area contributed by atoms with Crippen LogP contribution in [0.5, 0.6) is 0 Å². The number of para-hydroxylation sites is 1. The second-order valence-electron chi connectivity index (χ2n) is 6.92. The summed E-state index contributed by atoms with van der Waals surface area (Å²) in [5.41, 5.74) is 2.36. The fourth-order valence-corrected chi connectivity index (χ4v) is 4.38. The Kier molecular flexibility index (Phi) is 4.55. The lowest BCUT2D eigenvalue weighted by Crippen LogP contribution is -2.11. The highest BCUT2D eigenvalue weighted by molar-refractivity contribution is 7.20. The molecule has 0 aliphatic heterocycles. The van der Waals surface area contributed by atoms with E-state index >= 15 is 0 Å². The number of nitrogens with zero attached hydrogens (tertiary/aromatic N) is 6. The fourth-order valence-electron chi connectivity index (χ4n) is 3.30. The SMILES string of the molecule is Cc1nn(-c2ccccc2)c2sc(C(=O)Nc3ccc(F)c(-n4nnnc4C)c3)cc12. The number of hydrogen-bond acceptors (Lipinski definition) is 6. The Balaban J connectivity index is 1.47. The molecular formula is C21H16FN7OS. The number of halogens is 1. The first-order valence-corrected chi connectivity index (χ1v) is 10.2. The molecule has 0 radical (unpaired) electrons. The van der Waals surface area contributed by atoms with E-state index in [4.69, 9.17) is 0 Å². The van der Waals surface area contributed by atoms with Crippen LogP contribution in [0.3, 0.4) is 0 Å². The van der Waals surface area contributed by atoms with Crippen molar-refractivity contribution in [1.29, 1.82) is 0 Å². The van der Waals surface area contributed by atoms with E-state index in [1.54, 1.807) is 6.92 Å². The predicted octanol–water partition coefficient (Wildman–Crippen LogP) is 4.07. The topological polar surface area (TPSA) is 90.5 Å². The zero-order valence-electron chi connectivity index (χ0n) is 16.6. The molecule has 0 unspecified atom stereocenters. The largest absolute Gasteiger partial charge is 0.321 e. The number of tetrazole rings is 1. The van der Waals surface area contributed by atoms with Gasteiger partial charge < -0.3 is 5.32 Å². The summed E-state index contributed by atoms with van der Waals surface area (Å²) in [6, 6.07) is 15.9. The van der Waals surface area contributed by atoms with E-state index in [1.165, 1.54) is 34.2 Å². The van der Waals surface area contributed by atoms with Gasteiger partial charge in [0.1, 0.15) is 16.3 Å². The highest BCUT2D eigenvalue weighted by Gasteiger charge is 2.18. The van der Waals surface area contributed by atoms with Gasteiger partial charge in [-0.2, -0.15) is 9.78 Å². The first-order chi connectivity index (χ1) is 15.0. The molecule has 0 spiro atoms. The molecule has 5 rings (SSSR count). The summed E-state index contributed by atoms with van der Waals surface area (Å²) < 4.78 is 17.4. The number of benzene rings is 2. The van der Waals surface area contributed by atoms with Gasteiger partial charge in [-0.15, -0.1) is 16.4 Å². The van der Waals surface area contributed by atoms with Crippen molar-refractivity contribution in [3.8, 4) is 11.4 Å². The number of hydrogen-bond donors (Lipinski definition) is 1. The maximum absolute atomic E-state index is 14.3. The Morgan fingerprint density at radius 2 is 1.87 bits per heavy atom. The monoisotopic (exact) mass is 433 g/mol. The van der Waals surface area contributed by atoms with Crippen LogP contribution in [0.1, 0.15) is 21.2 Å². The number of anilines is 1. The molecule has 0 aliphatic carbocycles. The number of aryl methyl sites for hydroxylation is 2. The Morgan fingerprint density at radius 3 is 2.61 bits per heavy atom. The van der Waals surface area contributed by atoms with Crippen molar-refractivity contribution < 1.29 is 9.18 Å². The van der Waals surface area contributed by atoms with Crippen molar-refractivity contribution in [2.75, 3.05) is 5.32 Å². The summed E-state index contributed by atoms with van der Waals surface area (Å²) in [4.78, 5) is 14.3. The van der Waals surface area contributed by atoms with Gasteiger partial charge in [0, 0.05) is 11.1 Å². The quantitative estimate of drug-likeness (QED) is 0.461. The van der Waals surface area contributed by atoms with Crippen molar-refractivity contribution in [1.82, 2.24) is 30.0 Å². The van der Waals surface area contributed by atoms with Crippen LogP contribution in [0.15, 0.2) is 54.6 Å². The Hall–Kier alpha value is -3.92. The van der Waals surface area contributed by atoms with Gasteiger partial charge in [0.05, 0.1) is 16.3 Å². The predicted molar refractivity (Wildman–Crippen MR) is 115 cm³/mol. The Labute approximate surface area is 179 Å². The maximum atomic E-state index is 14.3. The van der Waals surface area contributed by atoms with Crippen LogP contribution in [0, 0.1) is 19.7 Å². The van der Waals surface area contributed by atoms with Gasteiger partial charge >= 0.3 is 0 Å². The molecule has 0 saturated carbocycles. The normalized spacial score (nSPS) is 11.2. The summed E-state index contributed by atoms with van der Waals surface area (Å²) in [6.07, 6.45) is 0. The molecule has 1 amide bonds. The molecule has 154 valence electrons. The number of carbonyl (C=O) groups is 1. The number of nitrogens with one attached hydrogen (secondary N) is 1. The van der Waals surface area contributed by atoms with Crippen molar-refractivity contribution in [3.05, 3.63) is 76.8 Å². The van der Waals surface area contributed by atoms with Gasteiger partial charge in [0.15, 0.2) is 5.82 Å². The van der Waals surface area contributed by atoms with Gasteiger partial charge in [-0.25, -0.2) is 9.07 Å². The number of amides is 1. The lowest BCUT2D eigenvalue weighted by Gasteiger charge is -2.08. The van der Waals surface area contributed by atoms with Gasteiger partial charge in [-0.05, 0) is 60.7 Å². The van der Waals surface area contributed by atoms with Crippen LogP contribution in [0.2, 0.25) is 0 Å². The number of carbonyl (C=O) groups excluding carboxylic acids is 1. The van der Waals surface area contributed by atoms with Crippen LogP contribution in [0.4, 0.5) is 10.1 Å². The Bertz CT molecular complexity index is 1420. The van der Waals surface area contributed by atoms with E-state index in [-0.39, 0.29) is 11.6 Å². The molecule has 0 aliphatic rings. The van der Waals surface area contributed by atoms with Crippen LogP contribution < -0.4 is 5.32 Å². The molecule has 31 heavy (non-hydrogen) atoms. The van der Waals surface area contributed by atoms with E-state index < -0.39 is 5.82 Å². The molecule has 0 fully saturated rings. The number of rotatable bonds is 4. The van der Waals surface area contributed by atoms with Gasteiger partial charge in [-0.1, -0.05) is 18.2 Å². The molecular weight excluding hydrogens is 417 g/mol. The average Bonchev–Trinajstić information content (AvgIpc) is 3.47. The minimum atomic E-state index is -0.492. The molecule has 1 N–H and O–H groups in total. The molecule has 0 saturated heterocycles. The third-order valence-corrected chi connectivity index (χ3v) is 5.94. The summed E-state index contributed by atoms with van der Waals surface area (Å²) >= 11 is 1.35. The summed E-state index contributed by atoms with van der Waals surface area (Å²) in [5, 5.41) is 19.4. The Morgan fingerprint density at radius 1 is 1.06 bits per heavy atom. The fraction of sp³-hybridized carbons (Fsp3) is 0.0952. The lowest BCUT2D eigenvalue weighted by atomic mass is 10.2. The van der Waals surface area contributed by atoms with Crippen LogP contribution >= 0.6 is 11.3 Å². The zero-order valence-corrected chi connectivity index (χ0v) is 17.4. The minimum absolute atomic E-state index is 0.159. The molecule has 2 aromatic carbocycles. The summed E-state index contributed by atoms with van der Waals surface area (Å²) in [5.74, 6) is -0.340. The van der Waals surface area contributed by atoms with E-state index in [2.05, 4.69) is 25.9 Å². The molecule has 8 nitrogen and oxygen atoms in total. The third kappa shape index (κ3) is 3.36. The number of fused-ring (bicyclic) bond motifs is 1. The van der Waals surface area contributed by atoms with Gasteiger partial charge in [-0.3, -0.25) is 4.79 Å². The molecule has 3 heterocycles. The van der Waals surface area contributed by atoms with E-state index in [0.717, 1.165) is 21.6 Å². The number of aromatic nitrogens is 6. The van der Waals surface area contributed by atoms with E-state index in [1.807, 2.05) is 48.0 Å². The minimum Gasteiger partial charge on any atom is -0.321 e. The summed E-state index contributed by atoms with van der Waals surface area (Å²) in [6.45, 7) is 3.58. The second-order valence-corrected chi connectivity index (χ2v) is 7.95. The smallest absolute Gasteiger partial charge is 0.265 e. The molecule has 0 atom stereocenters. The zero-order chi connectivity index (χ0) is 21.5. The molecule has 0 bridgehead atoms. The van der Waals surface area contributed by atoms with Crippen molar-refractivity contribution in [2.45, 2.75) is 13.8 Å².